The van der Waals surface area contributed by atoms with Crippen LogP contribution in [0.4, 0.5) is 0 Å². The Balaban J connectivity index is 2.56. The predicted octanol–water partition coefficient (Wildman–Crippen LogP) is 4.92. The van der Waals surface area contributed by atoms with Crippen LogP contribution in [0, 0.1) is 17.3 Å². The highest BCUT2D eigenvalue weighted by atomic mass is 16.2. The summed E-state index contributed by atoms with van der Waals surface area (Å²) in [5.41, 5.74) is 0.0934. The summed E-state index contributed by atoms with van der Waals surface area (Å²) in [6, 6.07) is 0. The Bertz CT molecular complexity index is 302. The zero-order valence-corrected chi connectivity index (χ0v) is 14.5. The summed E-state index contributed by atoms with van der Waals surface area (Å²) in [7, 11) is 0. The molecule has 0 spiro atoms. The second-order valence-electron chi connectivity index (χ2n) is 8.93. The summed E-state index contributed by atoms with van der Waals surface area (Å²) < 4.78 is 0. The largest absolute Gasteiger partial charge is 0.351 e. The number of carbonyl (C=O) groups is 1. The maximum atomic E-state index is 12.5. The Morgan fingerprint density at radius 1 is 1.10 bits per heavy atom. The van der Waals surface area contributed by atoms with Gasteiger partial charge in [0.25, 0.3) is 0 Å². The highest BCUT2D eigenvalue weighted by Gasteiger charge is 2.28. The van der Waals surface area contributed by atoms with Gasteiger partial charge < -0.3 is 5.32 Å². The maximum Gasteiger partial charge on any atom is 0.223 e. The van der Waals surface area contributed by atoms with E-state index in [0.29, 0.717) is 0 Å². The molecule has 1 aliphatic carbocycles. The van der Waals surface area contributed by atoms with Gasteiger partial charge in [-0.05, 0) is 51.4 Å². The lowest BCUT2D eigenvalue weighted by atomic mass is 9.80. The van der Waals surface area contributed by atoms with E-state index < -0.39 is 0 Å². The lowest BCUT2D eigenvalue weighted by Crippen LogP contribution is -2.44. The fourth-order valence-corrected chi connectivity index (χ4v) is 3.27. The molecule has 1 atom stereocenters. The van der Waals surface area contributed by atoms with E-state index in [2.05, 4.69) is 46.9 Å². The molecule has 1 aliphatic rings. The van der Waals surface area contributed by atoms with Crippen LogP contribution < -0.4 is 5.32 Å². The first-order valence-electron chi connectivity index (χ1n) is 8.39. The molecular weight excluding hydrogens is 246 g/mol. The SMILES string of the molecule is CC(C)(C)CC(CCC1CCCC1)C(=O)NC(C)(C)C. The molecule has 0 bridgehead atoms. The van der Waals surface area contributed by atoms with Gasteiger partial charge in [-0.25, -0.2) is 0 Å². The van der Waals surface area contributed by atoms with Crippen LogP contribution in [0.3, 0.4) is 0 Å². The average Bonchev–Trinajstić information content (AvgIpc) is 2.72. The molecule has 1 rings (SSSR count). The molecule has 0 saturated heterocycles. The highest BCUT2D eigenvalue weighted by Crippen LogP contribution is 2.33. The number of amides is 1. The van der Waals surface area contributed by atoms with E-state index >= 15 is 0 Å². The van der Waals surface area contributed by atoms with E-state index in [9.17, 15) is 4.79 Å². The summed E-state index contributed by atoms with van der Waals surface area (Å²) in [6.07, 6.45) is 8.82. The Labute approximate surface area is 126 Å². The molecule has 1 saturated carbocycles. The molecule has 118 valence electrons. The van der Waals surface area contributed by atoms with Crippen LogP contribution >= 0.6 is 0 Å². The lowest BCUT2D eigenvalue weighted by Gasteiger charge is -2.29. The molecule has 1 unspecified atom stereocenters. The van der Waals surface area contributed by atoms with Crippen LogP contribution in [0.15, 0.2) is 0 Å². The molecule has 0 heterocycles. The maximum absolute atomic E-state index is 12.5. The van der Waals surface area contributed by atoms with Crippen molar-refractivity contribution in [2.45, 2.75) is 92.0 Å². The van der Waals surface area contributed by atoms with Crippen molar-refractivity contribution in [1.82, 2.24) is 5.32 Å². The van der Waals surface area contributed by atoms with Gasteiger partial charge in [-0.1, -0.05) is 46.5 Å². The van der Waals surface area contributed by atoms with Crippen LogP contribution in [0.25, 0.3) is 0 Å². The number of hydrogen-bond acceptors (Lipinski definition) is 1. The van der Waals surface area contributed by atoms with E-state index in [-0.39, 0.29) is 22.8 Å². The fraction of sp³-hybridized carbons (Fsp3) is 0.944. The molecule has 0 aliphatic heterocycles. The van der Waals surface area contributed by atoms with E-state index in [1.807, 2.05) is 0 Å². The van der Waals surface area contributed by atoms with Gasteiger partial charge in [0.1, 0.15) is 0 Å². The third kappa shape index (κ3) is 7.31. The minimum atomic E-state index is -0.124. The molecule has 0 aromatic carbocycles. The third-order valence-corrected chi connectivity index (χ3v) is 4.13. The summed E-state index contributed by atoms with van der Waals surface area (Å²) in [5, 5.41) is 3.18. The highest BCUT2D eigenvalue weighted by molar-refractivity contribution is 5.79. The van der Waals surface area contributed by atoms with Crippen molar-refractivity contribution < 1.29 is 4.79 Å². The molecule has 1 fully saturated rings. The van der Waals surface area contributed by atoms with Gasteiger partial charge in [0.15, 0.2) is 0 Å². The van der Waals surface area contributed by atoms with E-state index in [1.54, 1.807) is 0 Å². The normalized spacial score (nSPS) is 19.1. The number of rotatable bonds is 5. The zero-order chi connectivity index (χ0) is 15.4. The monoisotopic (exact) mass is 281 g/mol. The number of nitrogens with one attached hydrogen (secondary N) is 1. The van der Waals surface area contributed by atoms with Crippen molar-refractivity contribution in [2.24, 2.45) is 17.3 Å². The van der Waals surface area contributed by atoms with Crippen molar-refractivity contribution in [3.05, 3.63) is 0 Å². The van der Waals surface area contributed by atoms with Gasteiger partial charge in [-0.3, -0.25) is 4.79 Å². The van der Waals surface area contributed by atoms with Crippen LogP contribution in [-0.4, -0.2) is 11.4 Å². The Kier molecular flexibility index (Phi) is 6.09. The van der Waals surface area contributed by atoms with Gasteiger partial charge in [0.2, 0.25) is 5.91 Å². The quantitative estimate of drug-likeness (QED) is 0.761. The first-order valence-corrected chi connectivity index (χ1v) is 8.39. The number of carbonyl (C=O) groups excluding carboxylic acids is 1. The minimum absolute atomic E-state index is 0.124. The van der Waals surface area contributed by atoms with Gasteiger partial charge in [-0.2, -0.15) is 0 Å². The van der Waals surface area contributed by atoms with Crippen molar-refractivity contribution in [2.75, 3.05) is 0 Å². The lowest BCUT2D eigenvalue weighted by molar-refractivity contribution is -0.127. The topological polar surface area (TPSA) is 29.1 Å². The van der Waals surface area contributed by atoms with Crippen molar-refractivity contribution in [3.63, 3.8) is 0 Å². The van der Waals surface area contributed by atoms with Gasteiger partial charge in [0.05, 0.1) is 0 Å². The molecular formula is C18H35NO. The molecule has 2 nitrogen and oxygen atoms in total. The Morgan fingerprint density at radius 3 is 2.10 bits per heavy atom. The van der Waals surface area contributed by atoms with E-state index in [1.165, 1.54) is 32.1 Å². The fourth-order valence-electron chi connectivity index (χ4n) is 3.27. The average molecular weight is 281 g/mol. The Hall–Kier alpha value is -0.530. The number of hydrogen-bond donors (Lipinski definition) is 1. The minimum Gasteiger partial charge on any atom is -0.351 e. The first kappa shape index (κ1) is 17.5. The van der Waals surface area contributed by atoms with Crippen molar-refractivity contribution >= 4 is 5.91 Å². The standard InChI is InChI=1S/C18H35NO/c1-17(2,3)13-15(16(20)19-18(4,5)6)12-11-14-9-7-8-10-14/h14-15H,7-13H2,1-6H3,(H,19,20). The summed E-state index contributed by atoms with van der Waals surface area (Å²) >= 11 is 0. The molecule has 0 aromatic heterocycles. The predicted molar refractivity (Wildman–Crippen MR) is 86.6 cm³/mol. The summed E-state index contributed by atoms with van der Waals surface area (Å²) in [6.45, 7) is 12.9. The van der Waals surface area contributed by atoms with Crippen molar-refractivity contribution in [1.29, 1.82) is 0 Å². The second-order valence-corrected chi connectivity index (χ2v) is 8.93. The summed E-state index contributed by atoms with van der Waals surface area (Å²) in [5.74, 6) is 1.31. The van der Waals surface area contributed by atoms with Gasteiger partial charge in [-0.15, -0.1) is 0 Å². The molecule has 1 N–H and O–H groups in total. The summed E-state index contributed by atoms with van der Waals surface area (Å²) in [4.78, 5) is 12.5. The van der Waals surface area contributed by atoms with Crippen molar-refractivity contribution in [3.8, 4) is 0 Å². The molecule has 2 heteroatoms. The van der Waals surface area contributed by atoms with Crippen LogP contribution in [0.2, 0.25) is 0 Å². The smallest absolute Gasteiger partial charge is 0.223 e. The Morgan fingerprint density at radius 2 is 1.65 bits per heavy atom. The van der Waals surface area contributed by atoms with Crippen LogP contribution in [0.1, 0.15) is 86.5 Å². The second kappa shape index (κ2) is 6.95. The van der Waals surface area contributed by atoms with Gasteiger partial charge >= 0.3 is 0 Å². The van der Waals surface area contributed by atoms with Crippen LogP contribution in [0.5, 0.6) is 0 Å². The van der Waals surface area contributed by atoms with E-state index in [0.717, 1.165) is 18.8 Å². The van der Waals surface area contributed by atoms with E-state index in [4.69, 9.17) is 0 Å². The third-order valence-electron chi connectivity index (χ3n) is 4.13. The molecule has 0 radical (unpaired) electrons. The molecule has 0 aromatic rings. The molecule has 20 heavy (non-hydrogen) atoms. The first-order chi connectivity index (χ1) is 9.07. The van der Waals surface area contributed by atoms with Gasteiger partial charge in [0, 0.05) is 11.5 Å². The van der Waals surface area contributed by atoms with Crippen LogP contribution in [-0.2, 0) is 4.79 Å². The zero-order valence-electron chi connectivity index (χ0n) is 14.5. The molecule has 1 amide bonds.